The maximum absolute atomic E-state index is 14.6. The second-order valence-corrected chi connectivity index (χ2v) is 13.0. The first-order valence-corrected chi connectivity index (χ1v) is 17.5. The number of nitrogens with zero attached hydrogens (tertiary/aromatic N) is 4. The van der Waals surface area contributed by atoms with Crippen molar-refractivity contribution in [3.05, 3.63) is 109 Å². The van der Waals surface area contributed by atoms with Gasteiger partial charge < -0.3 is 23.7 Å². The summed E-state index contributed by atoms with van der Waals surface area (Å²) in [6, 6.07) is 18.8. The number of methoxy groups -OCH3 is 1. The number of carbonyl (C=O) groups is 2. The van der Waals surface area contributed by atoms with E-state index in [1.165, 1.54) is 11.3 Å². The molecule has 0 N–H and O–H groups in total. The Kier molecular flexibility index (Phi) is 9.20. The Bertz CT molecular complexity index is 2290. The lowest BCUT2D eigenvalue weighted by molar-refractivity contribution is -0.139. The number of hydrogen-bond acceptors (Lipinski definition) is 8. The minimum Gasteiger partial charge on any atom is -0.496 e. The molecule has 0 spiro atoms. The number of benzene rings is 3. The van der Waals surface area contributed by atoms with Crippen LogP contribution in [0.15, 0.2) is 87.9 Å². The lowest BCUT2D eigenvalue weighted by Crippen LogP contribution is -2.42. The van der Waals surface area contributed by atoms with E-state index < -0.39 is 12.0 Å². The summed E-state index contributed by atoms with van der Waals surface area (Å²) in [6.45, 7) is 6.38. The maximum atomic E-state index is 14.6. The van der Waals surface area contributed by atoms with Gasteiger partial charge in [0.2, 0.25) is 5.91 Å². The Balaban J connectivity index is 1.43. The first-order chi connectivity index (χ1) is 23.9. The van der Waals surface area contributed by atoms with Crippen LogP contribution < -0.4 is 19.6 Å². The highest BCUT2D eigenvalue weighted by Gasteiger charge is 2.37. The van der Waals surface area contributed by atoms with Gasteiger partial charge in [-0.2, -0.15) is 0 Å². The van der Waals surface area contributed by atoms with Crippen LogP contribution in [0.4, 0.5) is 0 Å². The number of carbonyl (C=O) groups excluding carboxylic acids is 2. The third-order valence-corrected chi connectivity index (χ3v) is 10.1. The van der Waals surface area contributed by atoms with Crippen molar-refractivity contribution in [3.8, 4) is 5.75 Å². The summed E-state index contributed by atoms with van der Waals surface area (Å²) >= 11 is 1.29. The molecule has 7 rings (SSSR count). The van der Waals surface area contributed by atoms with Gasteiger partial charge in [-0.05, 0) is 42.3 Å². The Morgan fingerprint density at radius 3 is 2.53 bits per heavy atom. The quantitative estimate of drug-likeness (QED) is 0.212. The van der Waals surface area contributed by atoms with Gasteiger partial charge in [0.1, 0.15) is 18.3 Å². The van der Waals surface area contributed by atoms with Crippen LogP contribution in [0.3, 0.4) is 0 Å². The summed E-state index contributed by atoms with van der Waals surface area (Å²) in [4.78, 5) is 49.0. The highest BCUT2D eigenvalue weighted by atomic mass is 32.1. The van der Waals surface area contributed by atoms with Crippen molar-refractivity contribution >= 4 is 51.0 Å². The fourth-order valence-corrected chi connectivity index (χ4v) is 7.86. The molecule has 1 fully saturated rings. The van der Waals surface area contributed by atoms with E-state index >= 15 is 0 Å². The van der Waals surface area contributed by atoms with E-state index in [4.69, 9.17) is 19.2 Å². The van der Waals surface area contributed by atoms with Crippen molar-refractivity contribution in [2.45, 2.75) is 39.3 Å². The standard InChI is InChI=1S/C38H38N4O6S/c1-4-10-28-34(37(45)48-5-2)35(33-27-13-7-6-11-24(27)15-16-30(33)46-3)42-36(44)31(49-38(42)39-28)21-25-22-41(29-14-9-8-12-26(25)29)23-32(43)40-17-19-47-20-18-40/h6-9,11-16,21-22,35H,4-5,10,17-20,23H2,1-3H3/b31-21+/t35-/m1/s1. The van der Waals surface area contributed by atoms with Crippen molar-refractivity contribution in [1.82, 2.24) is 14.0 Å². The van der Waals surface area contributed by atoms with Crippen LogP contribution >= 0.6 is 11.3 Å². The Hall–Kier alpha value is -5.00. The molecule has 0 saturated carbocycles. The number of fused-ring (bicyclic) bond motifs is 3. The summed E-state index contributed by atoms with van der Waals surface area (Å²) in [5.41, 5.74) is 3.09. The average Bonchev–Trinajstić information content (AvgIpc) is 3.63. The van der Waals surface area contributed by atoms with Crippen molar-refractivity contribution in [3.63, 3.8) is 0 Å². The molecule has 49 heavy (non-hydrogen) atoms. The van der Waals surface area contributed by atoms with Crippen LogP contribution in [0.2, 0.25) is 0 Å². The molecule has 252 valence electrons. The molecule has 0 radical (unpaired) electrons. The van der Waals surface area contributed by atoms with Crippen molar-refractivity contribution in [2.75, 3.05) is 40.0 Å². The molecule has 10 nitrogen and oxygen atoms in total. The summed E-state index contributed by atoms with van der Waals surface area (Å²) in [7, 11) is 1.59. The molecule has 2 aromatic heterocycles. The van der Waals surface area contributed by atoms with Gasteiger partial charge in [0.25, 0.3) is 5.56 Å². The van der Waals surface area contributed by atoms with Crippen LogP contribution in [-0.2, 0) is 25.6 Å². The minimum absolute atomic E-state index is 0.0222. The number of amides is 1. The number of para-hydroxylation sites is 1. The fraction of sp³-hybridized carbons (Fsp3) is 0.316. The van der Waals surface area contributed by atoms with Crippen LogP contribution in [-0.4, -0.2) is 65.9 Å². The zero-order valence-electron chi connectivity index (χ0n) is 27.8. The van der Waals surface area contributed by atoms with Gasteiger partial charge in [0.05, 0.1) is 42.7 Å². The molecule has 4 heterocycles. The van der Waals surface area contributed by atoms with E-state index in [0.29, 0.717) is 64.6 Å². The fourth-order valence-electron chi connectivity index (χ4n) is 6.85. The maximum Gasteiger partial charge on any atom is 0.338 e. The molecule has 5 aromatic rings. The first-order valence-electron chi connectivity index (χ1n) is 16.6. The molecule has 0 bridgehead atoms. The number of aromatic nitrogens is 2. The Morgan fingerprint density at radius 1 is 1.02 bits per heavy atom. The SMILES string of the molecule is CCCC1=C(C(=O)OCC)[C@@H](c2c(OC)ccc3ccccc23)n2c(s/c(=C/c3cn(CC(=O)N4CCOCC4)c4ccccc34)c2=O)=N1. The second-order valence-electron chi connectivity index (χ2n) is 12.0. The lowest BCUT2D eigenvalue weighted by atomic mass is 9.90. The molecular formula is C38H38N4O6S. The molecule has 1 saturated heterocycles. The van der Waals surface area contributed by atoms with Gasteiger partial charge in [0.15, 0.2) is 4.80 Å². The van der Waals surface area contributed by atoms with E-state index in [0.717, 1.165) is 33.7 Å². The van der Waals surface area contributed by atoms with Gasteiger partial charge in [-0.3, -0.25) is 14.2 Å². The molecule has 2 aliphatic rings. The number of hydrogen-bond donors (Lipinski definition) is 0. The number of ether oxygens (including phenoxy) is 3. The number of morpholine rings is 1. The number of allylic oxidation sites excluding steroid dienone is 1. The predicted octanol–water partition coefficient (Wildman–Crippen LogP) is 4.55. The smallest absolute Gasteiger partial charge is 0.338 e. The summed E-state index contributed by atoms with van der Waals surface area (Å²) in [6.07, 6.45) is 5.08. The number of rotatable bonds is 9. The van der Waals surface area contributed by atoms with Crippen LogP contribution in [0.5, 0.6) is 5.75 Å². The second kappa shape index (κ2) is 13.9. The van der Waals surface area contributed by atoms with Crippen LogP contribution in [0, 0.1) is 0 Å². The lowest BCUT2D eigenvalue weighted by Gasteiger charge is -2.28. The zero-order valence-corrected chi connectivity index (χ0v) is 28.6. The van der Waals surface area contributed by atoms with E-state index in [1.807, 2.05) is 89.3 Å². The van der Waals surface area contributed by atoms with E-state index in [9.17, 15) is 14.4 Å². The largest absolute Gasteiger partial charge is 0.496 e. The molecule has 1 atom stereocenters. The summed E-state index contributed by atoms with van der Waals surface area (Å²) < 4.78 is 21.0. The Morgan fingerprint density at radius 2 is 1.78 bits per heavy atom. The monoisotopic (exact) mass is 678 g/mol. The third kappa shape index (κ3) is 5.97. The topological polar surface area (TPSA) is 104 Å². The normalized spacial score (nSPS) is 16.6. The molecule has 3 aromatic carbocycles. The van der Waals surface area contributed by atoms with E-state index in [1.54, 1.807) is 18.6 Å². The molecular weight excluding hydrogens is 641 g/mol. The highest BCUT2D eigenvalue weighted by Crippen LogP contribution is 2.41. The van der Waals surface area contributed by atoms with Crippen molar-refractivity contribution in [2.24, 2.45) is 4.99 Å². The van der Waals surface area contributed by atoms with Gasteiger partial charge in [-0.25, -0.2) is 9.79 Å². The third-order valence-electron chi connectivity index (χ3n) is 9.09. The van der Waals surface area contributed by atoms with Crippen LogP contribution in [0.25, 0.3) is 27.8 Å². The van der Waals surface area contributed by atoms with Gasteiger partial charge in [-0.15, -0.1) is 0 Å². The summed E-state index contributed by atoms with van der Waals surface area (Å²) in [5.74, 6) is 0.0803. The molecule has 2 aliphatic heterocycles. The number of esters is 1. The first kappa shape index (κ1) is 32.5. The van der Waals surface area contributed by atoms with Crippen molar-refractivity contribution in [1.29, 1.82) is 0 Å². The minimum atomic E-state index is -0.826. The molecule has 11 heteroatoms. The molecule has 1 amide bonds. The predicted molar refractivity (Wildman–Crippen MR) is 189 cm³/mol. The Labute approximate surface area is 287 Å². The van der Waals surface area contributed by atoms with Crippen molar-refractivity contribution < 1.29 is 23.8 Å². The molecule has 0 unspecified atom stereocenters. The highest BCUT2D eigenvalue weighted by molar-refractivity contribution is 7.07. The van der Waals surface area contributed by atoms with Gasteiger partial charge in [-0.1, -0.05) is 73.2 Å². The number of thiazole rings is 1. The molecule has 0 aliphatic carbocycles. The average molecular weight is 679 g/mol. The van der Waals surface area contributed by atoms with Crippen LogP contribution in [0.1, 0.15) is 43.9 Å². The zero-order chi connectivity index (χ0) is 34.1. The van der Waals surface area contributed by atoms with Gasteiger partial charge >= 0.3 is 5.97 Å². The van der Waals surface area contributed by atoms with E-state index in [-0.39, 0.29) is 24.6 Å². The summed E-state index contributed by atoms with van der Waals surface area (Å²) in [5, 5.41) is 2.75. The van der Waals surface area contributed by atoms with E-state index in [2.05, 4.69) is 0 Å². The van der Waals surface area contributed by atoms with Gasteiger partial charge in [0, 0.05) is 41.3 Å².